The molecule has 1 heterocycles. The number of hydrogen-bond acceptors (Lipinski definition) is 4. The van der Waals surface area contributed by atoms with E-state index in [9.17, 15) is 4.79 Å². The Labute approximate surface area is 172 Å². The van der Waals surface area contributed by atoms with E-state index in [0.29, 0.717) is 0 Å². The largest absolute Gasteiger partial charge is 0.338 e. The molecule has 0 radical (unpaired) electrons. The standard InChI is InChI=1S/C19H25N3OS.2ClH/c1-12-17(24-18(21-12)14-7-5-4-6-8-14)13(2)22(3)19(23)15-9-10-16(20)11-15;;/h4-8,13,15-16H,9-11,20H2,1-3H3;2*1H. The molecule has 1 aliphatic carbocycles. The number of nitrogens with two attached hydrogens (primary N) is 1. The number of halogens is 2. The summed E-state index contributed by atoms with van der Waals surface area (Å²) in [6.45, 7) is 4.11. The van der Waals surface area contributed by atoms with Crippen molar-refractivity contribution in [2.75, 3.05) is 7.05 Å². The van der Waals surface area contributed by atoms with E-state index in [1.165, 1.54) is 0 Å². The van der Waals surface area contributed by atoms with Crippen molar-refractivity contribution in [1.82, 2.24) is 9.88 Å². The van der Waals surface area contributed by atoms with Crippen LogP contribution in [0, 0.1) is 12.8 Å². The van der Waals surface area contributed by atoms with E-state index in [1.807, 2.05) is 37.1 Å². The Hall–Kier alpha value is -1.14. The second-order valence-corrected chi connectivity index (χ2v) is 7.76. The zero-order chi connectivity index (χ0) is 17.3. The molecule has 0 aliphatic heterocycles. The maximum atomic E-state index is 12.7. The average molecular weight is 416 g/mol. The number of benzene rings is 1. The van der Waals surface area contributed by atoms with E-state index in [1.54, 1.807) is 11.3 Å². The minimum atomic E-state index is 0. The van der Waals surface area contributed by atoms with E-state index in [-0.39, 0.29) is 48.7 Å². The Balaban J connectivity index is 0.00000169. The Morgan fingerprint density at radius 1 is 1.27 bits per heavy atom. The van der Waals surface area contributed by atoms with Gasteiger partial charge in [-0.3, -0.25) is 4.79 Å². The fourth-order valence-electron chi connectivity index (χ4n) is 3.40. The first-order valence-electron chi connectivity index (χ1n) is 8.52. The van der Waals surface area contributed by atoms with Crippen LogP contribution in [0.2, 0.25) is 0 Å². The van der Waals surface area contributed by atoms with Gasteiger partial charge in [-0.2, -0.15) is 0 Å². The quantitative estimate of drug-likeness (QED) is 0.792. The first-order valence-corrected chi connectivity index (χ1v) is 9.34. The highest BCUT2D eigenvalue weighted by atomic mass is 35.5. The third-order valence-corrected chi connectivity index (χ3v) is 6.36. The molecule has 0 bridgehead atoms. The summed E-state index contributed by atoms with van der Waals surface area (Å²) >= 11 is 1.68. The number of aryl methyl sites for hydroxylation is 1. The van der Waals surface area contributed by atoms with Gasteiger partial charge in [0.1, 0.15) is 5.01 Å². The first kappa shape index (κ1) is 22.9. The van der Waals surface area contributed by atoms with Crippen LogP contribution in [0.4, 0.5) is 0 Å². The van der Waals surface area contributed by atoms with Crippen molar-refractivity contribution >= 4 is 42.1 Å². The number of hydrogen-bond donors (Lipinski definition) is 1. The minimum Gasteiger partial charge on any atom is -0.338 e. The number of carbonyl (C=O) groups excluding carboxylic acids is 1. The third-order valence-electron chi connectivity index (χ3n) is 4.98. The van der Waals surface area contributed by atoms with Gasteiger partial charge in [0, 0.05) is 24.6 Å². The minimum absolute atomic E-state index is 0. The third kappa shape index (κ3) is 4.77. The number of thiazole rings is 1. The molecule has 3 rings (SSSR count). The highest BCUT2D eigenvalue weighted by Crippen LogP contribution is 2.35. The van der Waals surface area contributed by atoms with Crippen LogP contribution in [0.15, 0.2) is 30.3 Å². The number of rotatable bonds is 4. The lowest BCUT2D eigenvalue weighted by Crippen LogP contribution is -2.34. The van der Waals surface area contributed by atoms with Gasteiger partial charge in [-0.25, -0.2) is 4.98 Å². The lowest BCUT2D eigenvalue weighted by Gasteiger charge is -2.27. The van der Waals surface area contributed by atoms with Crippen molar-refractivity contribution in [2.24, 2.45) is 11.7 Å². The molecule has 0 saturated heterocycles. The zero-order valence-electron chi connectivity index (χ0n) is 15.3. The molecule has 0 spiro atoms. The molecule has 3 unspecified atom stereocenters. The number of aromatic nitrogens is 1. The second kappa shape index (κ2) is 9.70. The van der Waals surface area contributed by atoms with Crippen molar-refractivity contribution in [3.05, 3.63) is 40.9 Å². The maximum Gasteiger partial charge on any atom is 0.226 e. The zero-order valence-corrected chi connectivity index (χ0v) is 17.8. The summed E-state index contributed by atoms with van der Waals surface area (Å²) in [5.41, 5.74) is 8.10. The van der Waals surface area contributed by atoms with Crippen LogP contribution in [0.25, 0.3) is 10.6 Å². The molecule has 2 N–H and O–H groups in total. The summed E-state index contributed by atoms with van der Waals surface area (Å²) in [4.78, 5) is 20.5. The lowest BCUT2D eigenvalue weighted by atomic mass is 10.1. The molecule has 1 amide bonds. The summed E-state index contributed by atoms with van der Waals surface area (Å²) in [7, 11) is 1.90. The first-order chi connectivity index (χ1) is 11.5. The number of nitrogens with zero attached hydrogens (tertiary/aromatic N) is 2. The highest BCUT2D eigenvalue weighted by Gasteiger charge is 2.32. The van der Waals surface area contributed by atoms with Crippen molar-refractivity contribution < 1.29 is 4.79 Å². The number of carbonyl (C=O) groups is 1. The monoisotopic (exact) mass is 415 g/mol. The molecule has 26 heavy (non-hydrogen) atoms. The van der Waals surface area contributed by atoms with Gasteiger partial charge in [-0.05, 0) is 33.1 Å². The summed E-state index contributed by atoms with van der Waals surface area (Å²) in [5.74, 6) is 0.291. The van der Waals surface area contributed by atoms with Gasteiger partial charge in [0.15, 0.2) is 0 Å². The fourth-order valence-corrected chi connectivity index (χ4v) is 4.56. The fraction of sp³-hybridized carbons (Fsp3) is 0.474. The van der Waals surface area contributed by atoms with Crippen molar-refractivity contribution in [3.63, 3.8) is 0 Å². The van der Waals surface area contributed by atoms with Gasteiger partial charge in [-0.15, -0.1) is 36.2 Å². The molecule has 7 heteroatoms. The molecule has 2 aromatic rings. The molecule has 1 fully saturated rings. The van der Waals surface area contributed by atoms with Gasteiger partial charge in [-0.1, -0.05) is 30.3 Å². The van der Waals surface area contributed by atoms with Crippen LogP contribution in [-0.2, 0) is 4.79 Å². The van der Waals surface area contributed by atoms with Gasteiger partial charge in [0.05, 0.1) is 16.6 Å². The summed E-state index contributed by atoms with van der Waals surface area (Å²) in [6, 6.07) is 10.4. The molecule has 1 aliphatic rings. The maximum absolute atomic E-state index is 12.7. The Morgan fingerprint density at radius 2 is 1.92 bits per heavy atom. The van der Waals surface area contributed by atoms with Gasteiger partial charge in [0.2, 0.25) is 5.91 Å². The van der Waals surface area contributed by atoms with Gasteiger partial charge < -0.3 is 10.6 Å². The molecule has 4 nitrogen and oxygen atoms in total. The smallest absolute Gasteiger partial charge is 0.226 e. The highest BCUT2D eigenvalue weighted by molar-refractivity contribution is 7.15. The van der Waals surface area contributed by atoms with Crippen LogP contribution in [0.3, 0.4) is 0 Å². The molecule has 1 aromatic carbocycles. The molecule has 3 atom stereocenters. The normalized spacial score (nSPS) is 20.0. The topological polar surface area (TPSA) is 59.2 Å². The van der Waals surface area contributed by atoms with Crippen molar-refractivity contribution in [1.29, 1.82) is 0 Å². The Morgan fingerprint density at radius 3 is 2.50 bits per heavy atom. The second-order valence-electron chi connectivity index (χ2n) is 6.73. The van der Waals surface area contributed by atoms with Crippen LogP contribution < -0.4 is 5.73 Å². The Bertz CT molecular complexity index is 723. The predicted octanol–water partition coefficient (Wildman–Crippen LogP) is 4.61. The number of amides is 1. The summed E-state index contributed by atoms with van der Waals surface area (Å²) in [5, 5.41) is 1.01. The molecule has 144 valence electrons. The van der Waals surface area contributed by atoms with E-state index in [0.717, 1.165) is 40.4 Å². The Kier molecular flexibility index (Phi) is 8.54. The summed E-state index contributed by atoms with van der Waals surface area (Å²) < 4.78 is 0. The average Bonchev–Trinajstić information content (AvgIpc) is 3.19. The van der Waals surface area contributed by atoms with E-state index in [2.05, 4.69) is 19.1 Å². The lowest BCUT2D eigenvalue weighted by molar-refractivity contribution is -0.135. The summed E-state index contributed by atoms with van der Waals surface area (Å²) in [6.07, 6.45) is 2.68. The predicted molar refractivity (Wildman–Crippen MR) is 113 cm³/mol. The van der Waals surface area contributed by atoms with Gasteiger partial charge >= 0.3 is 0 Å². The van der Waals surface area contributed by atoms with E-state index in [4.69, 9.17) is 10.7 Å². The van der Waals surface area contributed by atoms with Crippen LogP contribution in [0.5, 0.6) is 0 Å². The van der Waals surface area contributed by atoms with Crippen molar-refractivity contribution in [2.45, 2.75) is 45.2 Å². The SMILES string of the molecule is Cc1nc(-c2ccccc2)sc1C(C)N(C)C(=O)C1CCC(N)C1.Cl.Cl. The van der Waals surface area contributed by atoms with E-state index >= 15 is 0 Å². The molecule has 1 aromatic heterocycles. The molecular weight excluding hydrogens is 389 g/mol. The molecule has 1 saturated carbocycles. The van der Waals surface area contributed by atoms with Gasteiger partial charge in [0.25, 0.3) is 0 Å². The van der Waals surface area contributed by atoms with Crippen LogP contribution in [0.1, 0.15) is 42.8 Å². The molecular formula is C19H27Cl2N3OS. The van der Waals surface area contributed by atoms with Crippen LogP contribution in [-0.4, -0.2) is 28.9 Å². The van der Waals surface area contributed by atoms with E-state index < -0.39 is 0 Å². The van der Waals surface area contributed by atoms with Crippen molar-refractivity contribution in [3.8, 4) is 10.6 Å². The van der Waals surface area contributed by atoms with Crippen LogP contribution >= 0.6 is 36.2 Å².